The lowest BCUT2D eigenvalue weighted by Crippen LogP contribution is -2.04. The second-order valence-corrected chi connectivity index (χ2v) is 6.51. The monoisotopic (exact) mass is 447 g/mol. The van der Waals surface area contributed by atoms with E-state index in [-0.39, 0.29) is 0 Å². The van der Waals surface area contributed by atoms with Crippen LogP contribution < -0.4 is 5.32 Å². The van der Waals surface area contributed by atoms with E-state index < -0.39 is 0 Å². The van der Waals surface area contributed by atoms with E-state index in [0.717, 1.165) is 37.8 Å². The van der Waals surface area contributed by atoms with Gasteiger partial charge in [-0.2, -0.15) is 0 Å². The molecule has 0 aliphatic heterocycles. The summed E-state index contributed by atoms with van der Waals surface area (Å²) in [4.78, 5) is 8.90. The molecule has 0 aliphatic carbocycles. The Labute approximate surface area is 137 Å². The van der Waals surface area contributed by atoms with Gasteiger partial charge in [-0.05, 0) is 72.4 Å². The van der Waals surface area contributed by atoms with Gasteiger partial charge in [-0.3, -0.25) is 0 Å². The van der Waals surface area contributed by atoms with Crippen LogP contribution >= 0.6 is 47.8 Å². The number of benzene rings is 1. The van der Waals surface area contributed by atoms with Crippen LogP contribution in [0, 0.1) is 0 Å². The van der Waals surface area contributed by atoms with Crippen LogP contribution in [-0.4, -0.2) is 16.5 Å². The number of nitrogens with one attached hydrogen (secondary N) is 1. The Morgan fingerprint density at radius 2 is 1.89 bits per heavy atom. The summed E-state index contributed by atoms with van der Waals surface area (Å²) in [6.45, 7) is 3.01. The molecule has 0 saturated carbocycles. The van der Waals surface area contributed by atoms with Gasteiger partial charge in [-0.15, -0.1) is 0 Å². The topological polar surface area (TPSA) is 37.8 Å². The summed E-state index contributed by atoms with van der Waals surface area (Å²) < 4.78 is 2.87. The van der Waals surface area contributed by atoms with Crippen molar-refractivity contribution in [2.24, 2.45) is 0 Å². The molecule has 6 heteroatoms. The van der Waals surface area contributed by atoms with Crippen molar-refractivity contribution in [1.82, 2.24) is 9.97 Å². The summed E-state index contributed by atoms with van der Waals surface area (Å²) >= 11 is 10.4. The molecular weight excluding hydrogens is 438 g/mol. The third kappa shape index (κ3) is 3.77. The molecule has 0 unspecified atom stereocenters. The van der Waals surface area contributed by atoms with Crippen LogP contribution in [0.1, 0.15) is 13.3 Å². The maximum atomic E-state index is 4.55. The Balaban J connectivity index is 2.36. The third-order valence-corrected chi connectivity index (χ3v) is 4.92. The molecule has 0 saturated heterocycles. The standard InChI is InChI=1S/C13H12Br3N3/c1-2-5-17-13-11(16)7-18-12(19-13)8-3-4-9(14)10(15)6-8/h3-4,6-7H,2,5H2,1H3,(H,17,18,19). The Kier molecular flexibility index (Phi) is 5.36. The van der Waals surface area contributed by atoms with E-state index in [0.29, 0.717) is 5.82 Å². The SMILES string of the molecule is CCCNc1nc(-c2ccc(Br)c(Br)c2)ncc1Br. The first-order valence-corrected chi connectivity index (χ1v) is 8.21. The number of aromatic nitrogens is 2. The molecule has 0 fully saturated rings. The molecular formula is C13H12Br3N3. The molecule has 1 aromatic heterocycles. The quantitative estimate of drug-likeness (QED) is 0.692. The van der Waals surface area contributed by atoms with Crippen molar-refractivity contribution < 1.29 is 0 Å². The molecule has 0 amide bonds. The molecule has 1 N–H and O–H groups in total. The summed E-state index contributed by atoms with van der Waals surface area (Å²) in [5.41, 5.74) is 0.974. The fraction of sp³-hybridized carbons (Fsp3) is 0.231. The second-order valence-electron chi connectivity index (χ2n) is 3.95. The molecule has 0 atom stereocenters. The second kappa shape index (κ2) is 6.81. The van der Waals surface area contributed by atoms with Crippen molar-refractivity contribution in [2.45, 2.75) is 13.3 Å². The average molecular weight is 450 g/mol. The third-order valence-electron chi connectivity index (χ3n) is 2.46. The predicted octanol–water partition coefficient (Wildman–Crippen LogP) is 5.25. The minimum Gasteiger partial charge on any atom is -0.369 e. The Hall–Kier alpha value is -0.460. The lowest BCUT2D eigenvalue weighted by atomic mass is 10.2. The number of hydrogen-bond donors (Lipinski definition) is 1. The van der Waals surface area contributed by atoms with Crippen LogP contribution in [0.5, 0.6) is 0 Å². The Morgan fingerprint density at radius 1 is 1.11 bits per heavy atom. The molecule has 0 radical (unpaired) electrons. The summed E-state index contributed by atoms with van der Waals surface area (Å²) in [5, 5.41) is 3.28. The lowest BCUT2D eigenvalue weighted by Gasteiger charge is -2.08. The van der Waals surface area contributed by atoms with Gasteiger partial charge in [0, 0.05) is 27.3 Å². The molecule has 0 spiro atoms. The predicted molar refractivity (Wildman–Crippen MR) is 89.3 cm³/mol. The van der Waals surface area contributed by atoms with E-state index in [1.54, 1.807) is 6.20 Å². The maximum absolute atomic E-state index is 4.55. The van der Waals surface area contributed by atoms with Gasteiger partial charge in [0.15, 0.2) is 5.82 Å². The molecule has 2 aromatic rings. The molecule has 1 heterocycles. The van der Waals surface area contributed by atoms with E-state index in [2.05, 4.69) is 70.0 Å². The maximum Gasteiger partial charge on any atom is 0.161 e. The van der Waals surface area contributed by atoms with Gasteiger partial charge in [0.1, 0.15) is 5.82 Å². The Morgan fingerprint density at radius 3 is 2.58 bits per heavy atom. The molecule has 1 aromatic carbocycles. The number of halogens is 3. The van der Waals surface area contributed by atoms with Gasteiger partial charge in [0.25, 0.3) is 0 Å². The van der Waals surface area contributed by atoms with Crippen molar-refractivity contribution in [3.63, 3.8) is 0 Å². The molecule has 0 aliphatic rings. The highest BCUT2D eigenvalue weighted by Gasteiger charge is 2.08. The Bertz CT molecular complexity index is 587. The van der Waals surface area contributed by atoms with Gasteiger partial charge in [-0.1, -0.05) is 6.92 Å². The van der Waals surface area contributed by atoms with Crippen molar-refractivity contribution >= 4 is 53.6 Å². The van der Waals surface area contributed by atoms with Crippen LogP contribution in [0.25, 0.3) is 11.4 Å². The van der Waals surface area contributed by atoms with E-state index in [9.17, 15) is 0 Å². The summed E-state index contributed by atoms with van der Waals surface area (Å²) in [6.07, 6.45) is 2.83. The molecule has 2 rings (SSSR count). The lowest BCUT2D eigenvalue weighted by molar-refractivity contribution is 0.963. The molecule has 100 valence electrons. The highest BCUT2D eigenvalue weighted by molar-refractivity contribution is 9.13. The summed E-state index contributed by atoms with van der Waals surface area (Å²) in [5.74, 6) is 1.53. The number of nitrogens with zero attached hydrogens (tertiary/aromatic N) is 2. The first kappa shape index (κ1) is 14.9. The first-order chi connectivity index (χ1) is 9.11. The van der Waals surface area contributed by atoms with E-state index in [1.807, 2.05) is 18.2 Å². The van der Waals surface area contributed by atoms with Crippen LogP contribution in [0.2, 0.25) is 0 Å². The zero-order valence-electron chi connectivity index (χ0n) is 10.3. The molecule has 3 nitrogen and oxygen atoms in total. The number of hydrogen-bond acceptors (Lipinski definition) is 3. The van der Waals surface area contributed by atoms with Crippen LogP contribution in [0.3, 0.4) is 0 Å². The van der Waals surface area contributed by atoms with Gasteiger partial charge in [-0.25, -0.2) is 9.97 Å². The fourth-order valence-corrected chi connectivity index (χ4v) is 2.47. The molecule has 0 bridgehead atoms. The summed E-state index contributed by atoms with van der Waals surface area (Å²) in [6, 6.07) is 5.96. The smallest absolute Gasteiger partial charge is 0.161 e. The van der Waals surface area contributed by atoms with Crippen molar-refractivity contribution in [1.29, 1.82) is 0 Å². The minimum absolute atomic E-state index is 0.704. The first-order valence-electron chi connectivity index (χ1n) is 5.83. The largest absolute Gasteiger partial charge is 0.369 e. The minimum atomic E-state index is 0.704. The normalized spacial score (nSPS) is 10.5. The van der Waals surface area contributed by atoms with Crippen LogP contribution in [0.4, 0.5) is 5.82 Å². The van der Waals surface area contributed by atoms with Crippen LogP contribution in [-0.2, 0) is 0 Å². The van der Waals surface area contributed by atoms with E-state index >= 15 is 0 Å². The average Bonchev–Trinajstić information content (AvgIpc) is 2.41. The van der Waals surface area contributed by atoms with Crippen molar-refractivity contribution in [3.8, 4) is 11.4 Å². The number of anilines is 1. The van der Waals surface area contributed by atoms with Crippen LogP contribution in [0.15, 0.2) is 37.8 Å². The van der Waals surface area contributed by atoms with E-state index in [4.69, 9.17) is 0 Å². The summed E-state index contributed by atoms with van der Waals surface area (Å²) in [7, 11) is 0. The van der Waals surface area contributed by atoms with Gasteiger partial charge in [0.2, 0.25) is 0 Å². The van der Waals surface area contributed by atoms with Gasteiger partial charge in [0.05, 0.1) is 4.47 Å². The number of rotatable bonds is 4. The van der Waals surface area contributed by atoms with Crippen molar-refractivity contribution in [2.75, 3.05) is 11.9 Å². The molecule has 19 heavy (non-hydrogen) atoms. The fourth-order valence-electron chi connectivity index (χ4n) is 1.51. The van der Waals surface area contributed by atoms with Gasteiger partial charge < -0.3 is 5.32 Å². The highest BCUT2D eigenvalue weighted by atomic mass is 79.9. The highest BCUT2D eigenvalue weighted by Crippen LogP contribution is 2.29. The zero-order valence-corrected chi connectivity index (χ0v) is 15.0. The van der Waals surface area contributed by atoms with Gasteiger partial charge >= 0.3 is 0 Å². The zero-order chi connectivity index (χ0) is 13.8. The van der Waals surface area contributed by atoms with E-state index in [1.165, 1.54) is 0 Å². The van der Waals surface area contributed by atoms with Crippen molar-refractivity contribution in [3.05, 3.63) is 37.8 Å².